The van der Waals surface area contributed by atoms with Crippen LogP contribution in [-0.4, -0.2) is 0 Å². The summed E-state index contributed by atoms with van der Waals surface area (Å²) in [5.41, 5.74) is 10.4. The van der Waals surface area contributed by atoms with Crippen LogP contribution in [0.3, 0.4) is 0 Å². The van der Waals surface area contributed by atoms with Crippen LogP contribution >= 0.6 is 0 Å². The Hall–Kier alpha value is -4.56. The molecule has 2 heterocycles. The summed E-state index contributed by atoms with van der Waals surface area (Å²) >= 11 is 0. The molecule has 0 radical (unpaired) electrons. The third-order valence-electron chi connectivity index (χ3n) is 7.04. The second kappa shape index (κ2) is 6.49. The molecule has 158 valence electrons. The van der Waals surface area contributed by atoms with E-state index in [0.29, 0.717) is 0 Å². The maximum absolute atomic E-state index is 6.64. The Bertz CT molecular complexity index is 1790. The lowest BCUT2D eigenvalue weighted by molar-refractivity contribution is 0.646. The highest BCUT2D eigenvalue weighted by atomic mass is 16.3. The van der Waals surface area contributed by atoms with Crippen LogP contribution in [0.4, 0.5) is 0 Å². The molecule has 0 N–H and O–H groups in total. The van der Waals surface area contributed by atoms with Crippen LogP contribution in [0.5, 0.6) is 0 Å². The maximum Gasteiger partial charge on any atom is 0.136 e. The van der Waals surface area contributed by atoms with E-state index in [1.165, 1.54) is 21.9 Å². The average Bonchev–Trinajstić information content (AvgIpc) is 2.90. The molecule has 6 aromatic rings. The highest BCUT2D eigenvalue weighted by molar-refractivity contribution is 6.27. The molecule has 2 aliphatic rings. The molecule has 0 aromatic heterocycles. The lowest BCUT2D eigenvalue weighted by atomic mass is 9.85. The summed E-state index contributed by atoms with van der Waals surface area (Å²) in [4.78, 5) is 0. The molecule has 0 saturated carbocycles. The van der Waals surface area contributed by atoms with Crippen LogP contribution in [0.25, 0.3) is 77.3 Å². The molecule has 0 saturated heterocycles. The van der Waals surface area contributed by atoms with E-state index in [1.54, 1.807) is 0 Å². The number of benzene rings is 6. The van der Waals surface area contributed by atoms with Crippen molar-refractivity contribution in [2.75, 3.05) is 0 Å². The largest absolute Gasteiger partial charge is 0.456 e. The topological polar surface area (TPSA) is 26.3 Å². The third-order valence-corrected chi connectivity index (χ3v) is 7.04. The van der Waals surface area contributed by atoms with Crippen LogP contribution in [-0.2, 0) is 0 Å². The van der Waals surface area contributed by atoms with Crippen molar-refractivity contribution in [1.82, 2.24) is 0 Å². The monoisotopic (exact) mass is 434 g/mol. The van der Waals surface area contributed by atoms with Crippen LogP contribution in [0, 0.1) is 0 Å². The van der Waals surface area contributed by atoms with E-state index >= 15 is 0 Å². The van der Waals surface area contributed by atoms with E-state index in [-0.39, 0.29) is 0 Å². The molecular weight excluding hydrogens is 416 g/mol. The fraction of sp³-hybridized carbons (Fsp3) is 0. The quantitative estimate of drug-likeness (QED) is 0.200. The summed E-state index contributed by atoms with van der Waals surface area (Å²) < 4.78 is 13.3. The summed E-state index contributed by atoms with van der Waals surface area (Å²) in [6.07, 6.45) is 0. The minimum atomic E-state index is 0.875. The van der Waals surface area contributed by atoms with Gasteiger partial charge in [-0.25, -0.2) is 0 Å². The molecule has 0 bridgehead atoms. The summed E-state index contributed by atoms with van der Waals surface area (Å²) in [6, 6.07) is 38.0. The fourth-order valence-electron chi connectivity index (χ4n) is 5.61. The summed E-state index contributed by atoms with van der Waals surface area (Å²) in [7, 11) is 0. The molecule has 8 rings (SSSR count). The molecule has 2 nitrogen and oxygen atoms in total. The maximum atomic E-state index is 6.64. The highest BCUT2D eigenvalue weighted by Gasteiger charge is 2.27. The standard InChI is InChI=1S/C32H18O2/c1-3-9-19(10-4-1)23-17-27-31-29-21(23)13-7-15-25(29)34-28-18-24(20-11-5-2-6-12-20)22-14-8-16-26(33-27)30(22)32(28)31/h1-18H. The van der Waals surface area contributed by atoms with Gasteiger partial charge < -0.3 is 8.83 Å². The molecular formula is C32H18O2. The number of rotatable bonds is 2. The van der Waals surface area contributed by atoms with Gasteiger partial charge in [0.25, 0.3) is 0 Å². The first-order valence-electron chi connectivity index (χ1n) is 11.5. The van der Waals surface area contributed by atoms with E-state index in [2.05, 4.69) is 97.1 Å². The molecule has 34 heavy (non-hydrogen) atoms. The van der Waals surface area contributed by atoms with E-state index < -0.39 is 0 Å². The molecule has 0 fully saturated rings. The van der Waals surface area contributed by atoms with Gasteiger partial charge in [-0.1, -0.05) is 84.9 Å². The van der Waals surface area contributed by atoms with Crippen LogP contribution in [0.15, 0.2) is 118 Å². The molecule has 2 heteroatoms. The molecule has 6 aromatic carbocycles. The zero-order valence-electron chi connectivity index (χ0n) is 18.2. The predicted molar refractivity (Wildman–Crippen MR) is 140 cm³/mol. The van der Waals surface area contributed by atoms with Crippen molar-refractivity contribution in [2.45, 2.75) is 0 Å². The molecule has 0 atom stereocenters. The van der Waals surface area contributed by atoms with E-state index in [0.717, 1.165) is 55.4 Å². The van der Waals surface area contributed by atoms with Crippen molar-refractivity contribution in [1.29, 1.82) is 0 Å². The fourth-order valence-corrected chi connectivity index (χ4v) is 5.61. The second-order valence-electron chi connectivity index (χ2n) is 8.89. The van der Waals surface area contributed by atoms with Gasteiger partial charge in [-0.15, -0.1) is 0 Å². The zero-order chi connectivity index (χ0) is 22.2. The first-order valence-corrected chi connectivity index (χ1v) is 11.5. The molecule has 2 aliphatic heterocycles. The number of hydrogen-bond acceptors (Lipinski definition) is 2. The Balaban J connectivity index is 1.61. The van der Waals surface area contributed by atoms with Crippen molar-refractivity contribution in [2.24, 2.45) is 0 Å². The van der Waals surface area contributed by atoms with Crippen molar-refractivity contribution < 1.29 is 8.83 Å². The minimum absolute atomic E-state index is 0.875. The second-order valence-corrected chi connectivity index (χ2v) is 8.89. The zero-order valence-corrected chi connectivity index (χ0v) is 18.2. The van der Waals surface area contributed by atoms with Crippen LogP contribution in [0.2, 0.25) is 0 Å². The smallest absolute Gasteiger partial charge is 0.136 e. The normalized spacial score (nSPS) is 12.1. The SMILES string of the molecule is c1ccc(-c2cc3oc4cccc5c(-c6ccccc6)cc6oc7cccc2c7c3-c6c45)cc1. The third kappa shape index (κ3) is 2.29. The first-order chi connectivity index (χ1) is 16.9. The van der Waals surface area contributed by atoms with E-state index in [4.69, 9.17) is 8.83 Å². The van der Waals surface area contributed by atoms with Gasteiger partial charge in [0.15, 0.2) is 0 Å². The predicted octanol–water partition coefficient (Wildman–Crippen LogP) is 9.36. The highest BCUT2D eigenvalue weighted by Crippen LogP contribution is 2.51. The Kier molecular flexibility index (Phi) is 3.42. The van der Waals surface area contributed by atoms with Gasteiger partial charge in [0, 0.05) is 21.9 Å². The van der Waals surface area contributed by atoms with Gasteiger partial charge in [-0.3, -0.25) is 0 Å². The van der Waals surface area contributed by atoms with Gasteiger partial charge in [0.1, 0.15) is 22.3 Å². The molecule has 0 unspecified atom stereocenters. The molecule has 0 spiro atoms. The summed E-state index contributed by atoms with van der Waals surface area (Å²) in [5, 5.41) is 4.59. The van der Waals surface area contributed by atoms with Gasteiger partial charge in [0.05, 0.1) is 0 Å². The molecule has 0 amide bonds. The lowest BCUT2D eigenvalue weighted by Gasteiger charge is -2.22. The van der Waals surface area contributed by atoms with E-state index in [9.17, 15) is 0 Å². The van der Waals surface area contributed by atoms with Gasteiger partial charge >= 0.3 is 0 Å². The first kappa shape index (κ1) is 17.9. The van der Waals surface area contributed by atoms with Crippen molar-refractivity contribution in [3.05, 3.63) is 109 Å². The summed E-state index contributed by atoms with van der Waals surface area (Å²) in [6.45, 7) is 0. The average molecular weight is 434 g/mol. The van der Waals surface area contributed by atoms with Gasteiger partial charge in [-0.05, 0) is 57.3 Å². The van der Waals surface area contributed by atoms with Crippen LogP contribution < -0.4 is 0 Å². The Morgan fingerprint density at radius 1 is 0.382 bits per heavy atom. The van der Waals surface area contributed by atoms with Crippen molar-refractivity contribution in [3.8, 4) is 33.4 Å². The van der Waals surface area contributed by atoms with Crippen molar-refractivity contribution >= 4 is 43.9 Å². The molecule has 0 aliphatic carbocycles. The van der Waals surface area contributed by atoms with Gasteiger partial charge in [-0.2, -0.15) is 0 Å². The summed E-state index contributed by atoms with van der Waals surface area (Å²) in [5.74, 6) is 0. The minimum Gasteiger partial charge on any atom is -0.456 e. The van der Waals surface area contributed by atoms with Crippen molar-refractivity contribution in [3.63, 3.8) is 0 Å². The Labute approximate surface area is 195 Å². The lowest BCUT2D eigenvalue weighted by Crippen LogP contribution is -1.97. The van der Waals surface area contributed by atoms with E-state index in [1.807, 2.05) is 12.1 Å². The number of hydrogen-bond donors (Lipinski definition) is 0. The Morgan fingerprint density at radius 3 is 1.26 bits per heavy atom. The van der Waals surface area contributed by atoms with Gasteiger partial charge in [0.2, 0.25) is 0 Å². The van der Waals surface area contributed by atoms with Crippen LogP contribution in [0.1, 0.15) is 0 Å². The Morgan fingerprint density at radius 2 is 0.824 bits per heavy atom.